The molecule has 0 atom stereocenters. The minimum absolute atomic E-state index is 0.115. The summed E-state index contributed by atoms with van der Waals surface area (Å²) in [6, 6.07) is 12.6. The Balaban J connectivity index is 1.74. The molecule has 1 amide bonds. The number of nitrogens with one attached hydrogen (secondary N) is 1. The van der Waals surface area contributed by atoms with Crippen LogP contribution in [0.1, 0.15) is 22.8 Å². The van der Waals surface area contributed by atoms with E-state index in [2.05, 4.69) is 11.9 Å². The number of hydrogen-bond acceptors (Lipinski definition) is 3. The zero-order valence-electron chi connectivity index (χ0n) is 14.6. The molecule has 0 bridgehead atoms. The quantitative estimate of drug-likeness (QED) is 0.431. The molecule has 0 heterocycles. The van der Waals surface area contributed by atoms with Gasteiger partial charge in [-0.05, 0) is 48.4 Å². The highest BCUT2D eigenvalue weighted by atomic mass is 35.5. The molecule has 2 rings (SSSR count). The Labute approximate surface area is 168 Å². The predicted octanol–water partition coefficient (Wildman–Crippen LogP) is 5.61. The van der Waals surface area contributed by atoms with Crippen molar-refractivity contribution in [2.24, 2.45) is 0 Å². The Morgan fingerprint density at radius 3 is 2.77 bits per heavy atom. The predicted molar refractivity (Wildman–Crippen MR) is 112 cm³/mol. The van der Waals surface area contributed by atoms with E-state index >= 15 is 0 Å². The molecule has 0 aliphatic rings. The number of amides is 1. The molecule has 0 fully saturated rings. The van der Waals surface area contributed by atoms with Gasteiger partial charge in [0.05, 0.1) is 0 Å². The molecule has 0 saturated carbocycles. The van der Waals surface area contributed by atoms with Gasteiger partial charge < -0.3 is 10.1 Å². The van der Waals surface area contributed by atoms with Crippen LogP contribution in [0.5, 0.6) is 5.75 Å². The summed E-state index contributed by atoms with van der Waals surface area (Å²) in [7, 11) is 0. The van der Waals surface area contributed by atoms with Gasteiger partial charge in [-0.1, -0.05) is 41.9 Å². The largest absolute Gasteiger partial charge is 0.489 e. The number of halogens is 2. The van der Waals surface area contributed by atoms with Crippen LogP contribution >= 0.6 is 35.0 Å². The number of hydrogen-bond donors (Lipinski definition) is 1. The Bertz CT molecular complexity index is 780. The highest BCUT2D eigenvalue weighted by Crippen LogP contribution is 2.24. The van der Waals surface area contributed by atoms with Gasteiger partial charge >= 0.3 is 0 Å². The summed E-state index contributed by atoms with van der Waals surface area (Å²) >= 11 is 13.7. The molecule has 2 aromatic carbocycles. The normalized spacial score (nSPS) is 10.4. The first-order valence-corrected chi connectivity index (χ1v) is 10.0. The van der Waals surface area contributed by atoms with Crippen molar-refractivity contribution in [3.8, 4) is 5.75 Å². The smallest absolute Gasteiger partial charge is 0.251 e. The van der Waals surface area contributed by atoms with Gasteiger partial charge in [0.15, 0.2) is 0 Å². The van der Waals surface area contributed by atoms with Gasteiger partial charge in [-0.3, -0.25) is 4.79 Å². The van der Waals surface area contributed by atoms with Crippen LogP contribution in [0.25, 0.3) is 0 Å². The number of thioether (sulfide) groups is 1. The zero-order chi connectivity index (χ0) is 18.9. The zero-order valence-corrected chi connectivity index (χ0v) is 16.9. The SMILES string of the molecule is C=C(C)COc1cccc(C(=O)NCCSCc2ccc(Cl)cc2Cl)c1. The fraction of sp³-hybridized carbons (Fsp3) is 0.250. The molecule has 6 heteroatoms. The minimum atomic E-state index is -0.115. The fourth-order valence-corrected chi connectivity index (χ4v) is 3.51. The van der Waals surface area contributed by atoms with E-state index in [1.165, 1.54) is 0 Å². The molecule has 2 aromatic rings. The maximum atomic E-state index is 12.2. The molecule has 26 heavy (non-hydrogen) atoms. The van der Waals surface area contributed by atoms with Crippen molar-refractivity contribution in [1.82, 2.24) is 5.32 Å². The van der Waals surface area contributed by atoms with Crippen LogP contribution in [0.3, 0.4) is 0 Å². The van der Waals surface area contributed by atoms with Crippen LogP contribution in [0.4, 0.5) is 0 Å². The summed E-state index contributed by atoms with van der Waals surface area (Å²) in [6.45, 7) is 6.70. The Morgan fingerprint density at radius 1 is 1.23 bits per heavy atom. The van der Waals surface area contributed by atoms with E-state index < -0.39 is 0 Å². The summed E-state index contributed by atoms with van der Waals surface area (Å²) < 4.78 is 5.56. The molecule has 0 aliphatic heterocycles. The van der Waals surface area contributed by atoms with Crippen molar-refractivity contribution in [3.63, 3.8) is 0 Å². The van der Waals surface area contributed by atoms with Gasteiger partial charge in [0.1, 0.15) is 12.4 Å². The van der Waals surface area contributed by atoms with E-state index in [4.69, 9.17) is 27.9 Å². The first-order valence-electron chi connectivity index (χ1n) is 8.13. The molecule has 0 radical (unpaired) electrons. The van der Waals surface area contributed by atoms with E-state index in [0.29, 0.717) is 34.5 Å². The lowest BCUT2D eigenvalue weighted by Gasteiger charge is -2.09. The van der Waals surface area contributed by atoms with Crippen molar-refractivity contribution in [2.75, 3.05) is 18.9 Å². The lowest BCUT2D eigenvalue weighted by Crippen LogP contribution is -2.25. The number of ether oxygens (including phenoxy) is 1. The lowest BCUT2D eigenvalue weighted by atomic mass is 10.2. The van der Waals surface area contributed by atoms with Crippen molar-refractivity contribution < 1.29 is 9.53 Å². The van der Waals surface area contributed by atoms with Crippen LogP contribution in [0.15, 0.2) is 54.6 Å². The summed E-state index contributed by atoms with van der Waals surface area (Å²) in [5, 5.41) is 4.21. The molecule has 1 N–H and O–H groups in total. The number of rotatable bonds is 9. The van der Waals surface area contributed by atoms with Crippen molar-refractivity contribution in [2.45, 2.75) is 12.7 Å². The number of carbonyl (C=O) groups is 1. The highest BCUT2D eigenvalue weighted by molar-refractivity contribution is 7.98. The maximum Gasteiger partial charge on any atom is 0.251 e. The van der Waals surface area contributed by atoms with Crippen LogP contribution in [0.2, 0.25) is 10.0 Å². The molecule has 0 saturated heterocycles. The molecule has 0 spiro atoms. The first-order chi connectivity index (χ1) is 12.5. The Kier molecular flexibility index (Phi) is 8.36. The van der Waals surface area contributed by atoms with Gasteiger partial charge in [0, 0.05) is 33.7 Å². The number of benzene rings is 2. The van der Waals surface area contributed by atoms with Gasteiger partial charge in [-0.25, -0.2) is 0 Å². The summed E-state index contributed by atoms with van der Waals surface area (Å²) in [5.41, 5.74) is 2.54. The molecular weight excluding hydrogens is 389 g/mol. The topological polar surface area (TPSA) is 38.3 Å². The Hall–Kier alpha value is -1.62. The van der Waals surface area contributed by atoms with Gasteiger partial charge in [-0.2, -0.15) is 11.8 Å². The first kappa shape index (κ1) is 20.7. The Morgan fingerprint density at radius 2 is 2.04 bits per heavy atom. The van der Waals surface area contributed by atoms with E-state index in [1.807, 2.05) is 25.1 Å². The molecule has 3 nitrogen and oxygen atoms in total. The van der Waals surface area contributed by atoms with Crippen LogP contribution in [-0.4, -0.2) is 24.8 Å². The second-order valence-corrected chi connectivity index (χ2v) is 7.77. The van der Waals surface area contributed by atoms with Crippen molar-refractivity contribution in [1.29, 1.82) is 0 Å². The van der Waals surface area contributed by atoms with Gasteiger partial charge in [-0.15, -0.1) is 0 Å². The minimum Gasteiger partial charge on any atom is -0.489 e. The van der Waals surface area contributed by atoms with E-state index in [-0.39, 0.29) is 5.91 Å². The van der Waals surface area contributed by atoms with E-state index in [0.717, 1.165) is 22.6 Å². The summed E-state index contributed by atoms with van der Waals surface area (Å²) in [5.74, 6) is 2.11. The summed E-state index contributed by atoms with van der Waals surface area (Å²) in [6.07, 6.45) is 0. The molecular formula is C20H21Cl2NO2S. The molecule has 0 aliphatic carbocycles. The summed E-state index contributed by atoms with van der Waals surface area (Å²) in [4.78, 5) is 12.2. The van der Waals surface area contributed by atoms with Crippen molar-refractivity contribution in [3.05, 3.63) is 75.8 Å². The van der Waals surface area contributed by atoms with Gasteiger partial charge in [0.2, 0.25) is 0 Å². The average molecular weight is 410 g/mol. The van der Waals surface area contributed by atoms with Crippen LogP contribution < -0.4 is 10.1 Å². The third kappa shape index (κ3) is 6.94. The van der Waals surface area contributed by atoms with Crippen molar-refractivity contribution >= 4 is 40.9 Å². The standard InChI is InChI=1S/C20H21Cl2NO2S/c1-14(2)12-25-18-5-3-4-15(10-18)20(24)23-8-9-26-13-16-6-7-17(21)11-19(16)22/h3-7,10-11H,1,8-9,12-13H2,2H3,(H,23,24). The van der Waals surface area contributed by atoms with E-state index in [9.17, 15) is 4.79 Å². The monoisotopic (exact) mass is 409 g/mol. The lowest BCUT2D eigenvalue weighted by molar-refractivity contribution is 0.0955. The maximum absolute atomic E-state index is 12.2. The van der Waals surface area contributed by atoms with Crippen LogP contribution in [0, 0.1) is 0 Å². The second kappa shape index (κ2) is 10.5. The molecule has 0 unspecified atom stereocenters. The van der Waals surface area contributed by atoms with E-state index in [1.54, 1.807) is 36.0 Å². The highest BCUT2D eigenvalue weighted by Gasteiger charge is 2.07. The second-order valence-electron chi connectivity index (χ2n) is 5.82. The third-order valence-electron chi connectivity index (χ3n) is 3.39. The molecule has 0 aromatic heterocycles. The third-order valence-corrected chi connectivity index (χ3v) is 4.98. The number of carbonyl (C=O) groups excluding carboxylic acids is 1. The van der Waals surface area contributed by atoms with Crippen LogP contribution in [-0.2, 0) is 5.75 Å². The average Bonchev–Trinajstić information content (AvgIpc) is 2.61. The van der Waals surface area contributed by atoms with Gasteiger partial charge in [0.25, 0.3) is 5.91 Å². The molecule has 138 valence electrons. The fourth-order valence-electron chi connectivity index (χ4n) is 2.09.